The molecule has 20 heavy (non-hydrogen) atoms. The Labute approximate surface area is 121 Å². The van der Waals surface area contributed by atoms with Crippen molar-refractivity contribution < 1.29 is 14.7 Å². The SMILES string of the molecule is O=C(O)C[C@H](CC(=O)Nc1ccccc1)c1cccs1. The fourth-order valence-electron chi connectivity index (χ4n) is 1.97. The Kier molecular flexibility index (Phi) is 4.90. The third-order valence-electron chi connectivity index (χ3n) is 2.86. The lowest BCUT2D eigenvalue weighted by atomic mass is 9.99. The van der Waals surface area contributed by atoms with Crippen LogP contribution in [0.15, 0.2) is 47.8 Å². The number of nitrogens with one attached hydrogen (secondary N) is 1. The summed E-state index contributed by atoms with van der Waals surface area (Å²) in [6.07, 6.45) is 0.129. The van der Waals surface area contributed by atoms with Crippen molar-refractivity contribution in [2.24, 2.45) is 0 Å². The summed E-state index contributed by atoms with van der Waals surface area (Å²) in [5, 5.41) is 13.6. The van der Waals surface area contributed by atoms with Crippen LogP contribution in [-0.2, 0) is 9.59 Å². The van der Waals surface area contributed by atoms with E-state index < -0.39 is 5.97 Å². The van der Waals surface area contributed by atoms with E-state index in [2.05, 4.69) is 5.32 Å². The number of hydrogen-bond donors (Lipinski definition) is 2. The highest BCUT2D eigenvalue weighted by Crippen LogP contribution is 2.28. The molecule has 0 unspecified atom stereocenters. The van der Waals surface area contributed by atoms with Gasteiger partial charge in [0.25, 0.3) is 0 Å². The minimum absolute atomic E-state index is 0.0390. The Hall–Kier alpha value is -2.14. The van der Waals surface area contributed by atoms with Crippen molar-refractivity contribution in [1.29, 1.82) is 0 Å². The van der Waals surface area contributed by atoms with Crippen LogP contribution < -0.4 is 5.32 Å². The number of rotatable bonds is 6. The van der Waals surface area contributed by atoms with Crippen molar-refractivity contribution in [1.82, 2.24) is 0 Å². The van der Waals surface area contributed by atoms with Gasteiger partial charge in [0.1, 0.15) is 0 Å². The van der Waals surface area contributed by atoms with E-state index in [1.165, 1.54) is 11.3 Å². The van der Waals surface area contributed by atoms with Crippen molar-refractivity contribution in [3.63, 3.8) is 0 Å². The number of aliphatic carboxylic acids is 1. The summed E-state index contributed by atoms with van der Waals surface area (Å²) in [6.45, 7) is 0. The molecule has 1 amide bonds. The van der Waals surface area contributed by atoms with E-state index in [-0.39, 0.29) is 24.7 Å². The molecule has 0 aliphatic carbocycles. The predicted octanol–water partition coefficient (Wildman–Crippen LogP) is 3.34. The highest BCUT2D eigenvalue weighted by molar-refractivity contribution is 7.10. The highest BCUT2D eigenvalue weighted by atomic mass is 32.1. The Morgan fingerprint density at radius 1 is 1.10 bits per heavy atom. The van der Waals surface area contributed by atoms with E-state index in [0.717, 1.165) is 10.6 Å². The van der Waals surface area contributed by atoms with E-state index in [0.29, 0.717) is 0 Å². The largest absolute Gasteiger partial charge is 0.481 e. The van der Waals surface area contributed by atoms with Crippen LogP contribution >= 0.6 is 11.3 Å². The second-order valence-corrected chi connectivity index (χ2v) is 5.41. The van der Waals surface area contributed by atoms with Crippen LogP contribution in [0.5, 0.6) is 0 Å². The molecule has 2 rings (SSSR count). The number of thiophene rings is 1. The molecule has 0 bridgehead atoms. The average Bonchev–Trinajstić information content (AvgIpc) is 2.92. The average molecular weight is 289 g/mol. The number of carbonyl (C=O) groups excluding carboxylic acids is 1. The second kappa shape index (κ2) is 6.86. The maximum absolute atomic E-state index is 12.0. The third kappa shape index (κ3) is 4.20. The van der Waals surface area contributed by atoms with E-state index >= 15 is 0 Å². The summed E-state index contributed by atoms with van der Waals surface area (Å²) in [5.41, 5.74) is 0.720. The lowest BCUT2D eigenvalue weighted by Crippen LogP contribution is -2.17. The molecular formula is C15H15NO3S. The molecule has 0 saturated carbocycles. The molecule has 104 valence electrons. The van der Waals surface area contributed by atoms with Crippen LogP contribution in [0.1, 0.15) is 23.6 Å². The van der Waals surface area contributed by atoms with E-state index in [9.17, 15) is 9.59 Å². The molecule has 0 saturated heterocycles. The van der Waals surface area contributed by atoms with Crippen LogP contribution in [0.3, 0.4) is 0 Å². The van der Waals surface area contributed by atoms with Crippen LogP contribution in [0, 0.1) is 0 Å². The first-order valence-electron chi connectivity index (χ1n) is 6.25. The topological polar surface area (TPSA) is 66.4 Å². The molecule has 1 heterocycles. The molecule has 1 aromatic heterocycles. The van der Waals surface area contributed by atoms with Gasteiger partial charge in [0, 0.05) is 22.9 Å². The smallest absolute Gasteiger partial charge is 0.304 e. The quantitative estimate of drug-likeness (QED) is 0.857. The molecule has 0 fully saturated rings. The zero-order valence-electron chi connectivity index (χ0n) is 10.8. The highest BCUT2D eigenvalue weighted by Gasteiger charge is 2.20. The number of anilines is 1. The number of benzene rings is 1. The van der Waals surface area contributed by atoms with Gasteiger partial charge < -0.3 is 10.4 Å². The number of para-hydroxylation sites is 1. The first-order chi connectivity index (χ1) is 9.65. The Bertz CT molecular complexity index is 566. The molecule has 0 aliphatic heterocycles. The normalized spacial score (nSPS) is 11.8. The molecule has 5 heteroatoms. The van der Waals surface area contributed by atoms with E-state index in [1.807, 2.05) is 35.7 Å². The summed E-state index contributed by atoms with van der Waals surface area (Å²) < 4.78 is 0. The van der Waals surface area contributed by atoms with Gasteiger partial charge in [-0.1, -0.05) is 24.3 Å². The minimum Gasteiger partial charge on any atom is -0.481 e. The summed E-state index contributed by atoms with van der Waals surface area (Å²) >= 11 is 1.48. The molecular weight excluding hydrogens is 274 g/mol. The van der Waals surface area contributed by atoms with Crippen LogP contribution in [0.2, 0.25) is 0 Å². The minimum atomic E-state index is -0.893. The van der Waals surface area contributed by atoms with Gasteiger partial charge in [-0.05, 0) is 23.6 Å². The molecule has 2 aromatic rings. The number of carboxylic acids is 1. The lowest BCUT2D eigenvalue weighted by Gasteiger charge is -2.13. The zero-order chi connectivity index (χ0) is 14.4. The second-order valence-electron chi connectivity index (χ2n) is 4.43. The summed E-state index contributed by atoms with van der Waals surface area (Å²) in [4.78, 5) is 23.8. The number of carbonyl (C=O) groups is 2. The van der Waals surface area contributed by atoms with Gasteiger partial charge in [0.2, 0.25) is 5.91 Å². The van der Waals surface area contributed by atoms with E-state index in [4.69, 9.17) is 5.11 Å². The monoisotopic (exact) mass is 289 g/mol. The molecule has 1 aromatic carbocycles. The first-order valence-corrected chi connectivity index (χ1v) is 7.13. The molecule has 0 spiro atoms. The zero-order valence-corrected chi connectivity index (χ0v) is 11.6. The first kappa shape index (κ1) is 14.3. The molecule has 4 nitrogen and oxygen atoms in total. The number of amides is 1. The van der Waals surface area contributed by atoms with E-state index in [1.54, 1.807) is 12.1 Å². The number of carboxylic acid groups (broad SMARTS) is 1. The van der Waals surface area contributed by atoms with Gasteiger partial charge >= 0.3 is 5.97 Å². The van der Waals surface area contributed by atoms with Crippen molar-refractivity contribution in [3.05, 3.63) is 52.7 Å². The maximum atomic E-state index is 12.0. The molecule has 0 aliphatic rings. The Balaban J connectivity index is 2.00. The van der Waals surface area contributed by atoms with Crippen molar-refractivity contribution in [2.75, 3.05) is 5.32 Å². The van der Waals surface area contributed by atoms with Gasteiger partial charge in [-0.3, -0.25) is 9.59 Å². The molecule has 0 radical (unpaired) electrons. The van der Waals surface area contributed by atoms with Gasteiger partial charge in [0.15, 0.2) is 0 Å². The fourth-order valence-corrected chi connectivity index (χ4v) is 2.80. The lowest BCUT2D eigenvalue weighted by molar-refractivity contribution is -0.137. The van der Waals surface area contributed by atoms with Crippen LogP contribution in [0.4, 0.5) is 5.69 Å². The van der Waals surface area contributed by atoms with Gasteiger partial charge in [-0.2, -0.15) is 0 Å². The Morgan fingerprint density at radius 2 is 1.85 bits per heavy atom. The standard InChI is InChI=1S/C15H15NO3S/c17-14(16-12-5-2-1-3-6-12)9-11(10-15(18)19)13-7-4-8-20-13/h1-8,11H,9-10H2,(H,16,17)(H,18,19)/t11-/m0/s1. The summed E-state index contributed by atoms with van der Waals surface area (Å²) in [6, 6.07) is 12.9. The van der Waals surface area contributed by atoms with Gasteiger partial charge in [0.05, 0.1) is 6.42 Å². The molecule has 1 atom stereocenters. The molecule has 2 N–H and O–H groups in total. The summed E-state index contributed by atoms with van der Waals surface area (Å²) in [5.74, 6) is -1.34. The van der Waals surface area contributed by atoms with Crippen molar-refractivity contribution >= 4 is 28.9 Å². The van der Waals surface area contributed by atoms with Crippen LogP contribution in [-0.4, -0.2) is 17.0 Å². The fraction of sp³-hybridized carbons (Fsp3) is 0.200. The van der Waals surface area contributed by atoms with Crippen molar-refractivity contribution in [2.45, 2.75) is 18.8 Å². The third-order valence-corrected chi connectivity index (χ3v) is 3.89. The van der Waals surface area contributed by atoms with Crippen molar-refractivity contribution in [3.8, 4) is 0 Å². The van der Waals surface area contributed by atoms with Crippen LogP contribution in [0.25, 0.3) is 0 Å². The maximum Gasteiger partial charge on any atom is 0.304 e. The van der Waals surface area contributed by atoms with Gasteiger partial charge in [-0.25, -0.2) is 0 Å². The van der Waals surface area contributed by atoms with Gasteiger partial charge in [-0.15, -0.1) is 11.3 Å². The number of hydrogen-bond acceptors (Lipinski definition) is 3. The Morgan fingerprint density at radius 3 is 2.45 bits per heavy atom. The summed E-state index contributed by atoms with van der Waals surface area (Å²) in [7, 11) is 0. The predicted molar refractivity (Wildman–Crippen MR) is 79.0 cm³/mol.